The van der Waals surface area contributed by atoms with Crippen molar-refractivity contribution in [3.8, 4) is 5.75 Å². The van der Waals surface area contributed by atoms with Crippen molar-refractivity contribution >= 4 is 5.91 Å². The standard InChI is InChI=1S/C17H27NO3/c1-5-15(6-2)18(10-11-19)17(20)14(4)21-16-9-7-8-13(3)12-16/h7-9,12,14-15,19H,5-6,10-11H2,1-4H3. The van der Waals surface area contributed by atoms with Crippen molar-refractivity contribution in [2.24, 2.45) is 0 Å². The number of aliphatic hydroxyl groups is 1. The summed E-state index contributed by atoms with van der Waals surface area (Å²) in [5.74, 6) is 0.628. The van der Waals surface area contributed by atoms with E-state index in [-0.39, 0.29) is 18.6 Å². The molecule has 1 rings (SSSR count). The Hall–Kier alpha value is -1.55. The number of carbonyl (C=O) groups is 1. The van der Waals surface area contributed by atoms with E-state index in [1.54, 1.807) is 11.8 Å². The number of hydrogen-bond donors (Lipinski definition) is 1. The van der Waals surface area contributed by atoms with Crippen molar-refractivity contribution in [3.63, 3.8) is 0 Å². The minimum atomic E-state index is -0.557. The molecular formula is C17H27NO3. The quantitative estimate of drug-likeness (QED) is 0.802. The van der Waals surface area contributed by atoms with Crippen LogP contribution in [0.2, 0.25) is 0 Å². The number of amides is 1. The average Bonchev–Trinajstić information content (AvgIpc) is 2.46. The second-order valence-electron chi connectivity index (χ2n) is 5.30. The molecule has 1 unspecified atom stereocenters. The van der Waals surface area contributed by atoms with Gasteiger partial charge in [-0.3, -0.25) is 4.79 Å². The Bertz CT molecular complexity index is 443. The highest BCUT2D eigenvalue weighted by Crippen LogP contribution is 2.17. The number of aryl methyl sites for hydroxylation is 1. The predicted octanol–water partition coefficient (Wildman–Crippen LogP) is 2.77. The lowest BCUT2D eigenvalue weighted by Crippen LogP contribution is -2.47. The van der Waals surface area contributed by atoms with Crippen LogP contribution in [0.15, 0.2) is 24.3 Å². The molecule has 0 aromatic heterocycles. The second kappa shape index (κ2) is 8.67. The first-order chi connectivity index (χ1) is 10.0. The summed E-state index contributed by atoms with van der Waals surface area (Å²) in [5.41, 5.74) is 1.10. The molecular weight excluding hydrogens is 266 g/mol. The smallest absolute Gasteiger partial charge is 0.263 e. The molecule has 0 aliphatic heterocycles. The highest BCUT2D eigenvalue weighted by Gasteiger charge is 2.26. The Morgan fingerprint density at radius 2 is 2.00 bits per heavy atom. The summed E-state index contributed by atoms with van der Waals surface area (Å²) in [6, 6.07) is 7.81. The van der Waals surface area contributed by atoms with E-state index in [4.69, 9.17) is 4.74 Å². The zero-order valence-corrected chi connectivity index (χ0v) is 13.5. The fourth-order valence-electron chi connectivity index (χ4n) is 2.49. The SMILES string of the molecule is CCC(CC)N(CCO)C(=O)C(C)Oc1cccc(C)c1. The van der Waals surface area contributed by atoms with E-state index >= 15 is 0 Å². The van der Waals surface area contributed by atoms with Crippen molar-refractivity contribution in [1.29, 1.82) is 0 Å². The van der Waals surface area contributed by atoms with E-state index in [9.17, 15) is 9.90 Å². The van der Waals surface area contributed by atoms with E-state index in [1.807, 2.05) is 31.2 Å². The van der Waals surface area contributed by atoms with Crippen LogP contribution in [-0.2, 0) is 4.79 Å². The Balaban J connectivity index is 2.77. The summed E-state index contributed by atoms with van der Waals surface area (Å²) in [5, 5.41) is 9.20. The maximum Gasteiger partial charge on any atom is 0.263 e. The van der Waals surface area contributed by atoms with Gasteiger partial charge in [-0.05, 0) is 44.4 Å². The van der Waals surface area contributed by atoms with Crippen molar-refractivity contribution in [2.45, 2.75) is 52.7 Å². The second-order valence-corrected chi connectivity index (χ2v) is 5.30. The van der Waals surface area contributed by atoms with E-state index in [2.05, 4.69) is 13.8 Å². The van der Waals surface area contributed by atoms with Gasteiger partial charge < -0.3 is 14.7 Å². The van der Waals surface area contributed by atoms with Crippen LogP contribution in [0.25, 0.3) is 0 Å². The van der Waals surface area contributed by atoms with E-state index in [1.165, 1.54) is 0 Å². The molecule has 0 radical (unpaired) electrons. The molecule has 4 nitrogen and oxygen atoms in total. The third-order valence-electron chi connectivity index (χ3n) is 3.66. The third-order valence-corrected chi connectivity index (χ3v) is 3.66. The summed E-state index contributed by atoms with van der Waals surface area (Å²) in [6.45, 7) is 8.18. The van der Waals surface area contributed by atoms with Gasteiger partial charge in [0, 0.05) is 12.6 Å². The van der Waals surface area contributed by atoms with Crippen molar-refractivity contribution in [1.82, 2.24) is 4.90 Å². The van der Waals surface area contributed by atoms with Gasteiger partial charge in [0.05, 0.1) is 6.61 Å². The zero-order valence-electron chi connectivity index (χ0n) is 13.5. The van der Waals surface area contributed by atoms with Crippen LogP contribution in [-0.4, -0.2) is 41.2 Å². The number of hydrogen-bond acceptors (Lipinski definition) is 3. The number of rotatable bonds is 8. The first kappa shape index (κ1) is 17.5. The lowest BCUT2D eigenvalue weighted by Gasteiger charge is -2.32. The fourth-order valence-corrected chi connectivity index (χ4v) is 2.49. The molecule has 1 aromatic rings. The summed E-state index contributed by atoms with van der Waals surface area (Å²) >= 11 is 0. The molecule has 0 heterocycles. The van der Waals surface area contributed by atoms with Crippen molar-refractivity contribution < 1.29 is 14.6 Å². The molecule has 0 bridgehead atoms. The van der Waals surface area contributed by atoms with Crippen LogP contribution < -0.4 is 4.74 Å². The summed E-state index contributed by atoms with van der Waals surface area (Å²) in [6.07, 6.45) is 1.19. The van der Waals surface area contributed by atoms with E-state index < -0.39 is 6.10 Å². The highest BCUT2D eigenvalue weighted by molar-refractivity contribution is 5.81. The molecule has 118 valence electrons. The molecule has 1 amide bonds. The average molecular weight is 293 g/mol. The molecule has 0 saturated carbocycles. The maximum atomic E-state index is 12.6. The van der Waals surface area contributed by atoms with Gasteiger partial charge in [-0.15, -0.1) is 0 Å². The first-order valence-corrected chi connectivity index (χ1v) is 7.68. The largest absolute Gasteiger partial charge is 0.481 e. The van der Waals surface area contributed by atoms with Gasteiger partial charge in [-0.1, -0.05) is 26.0 Å². The van der Waals surface area contributed by atoms with Crippen LogP contribution in [0, 0.1) is 6.92 Å². The molecule has 0 aliphatic rings. The van der Waals surface area contributed by atoms with Crippen LogP contribution >= 0.6 is 0 Å². The number of benzene rings is 1. The molecule has 1 aromatic carbocycles. The van der Waals surface area contributed by atoms with Crippen LogP contribution in [0.4, 0.5) is 0 Å². The van der Waals surface area contributed by atoms with Gasteiger partial charge in [0.1, 0.15) is 5.75 Å². The summed E-state index contributed by atoms with van der Waals surface area (Å²) in [4.78, 5) is 14.3. The van der Waals surface area contributed by atoms with Crippen molar-refractivity contribution in [3.05, 3.63) is 29.8 Å². The van der Waals surface area contributed by atoms with Gasteiger partial charge in [0.2, 0.25) is 0 Å². The zero-order chi connectivity index (χ0) is 15.8. The minimum absolute atomic E-state index is 0.0284. The van der Waals surface area contributed by atoms with E-state index in [0.717, 1.165) is 18.4 Å². The molecule has 0 saturated heterocycles. The van der Waals surface area contributed by atoms with Gasteiger partial charge >= 0.3 is 0 Å². The Labute approximate surface area is 127 Å². The third kappa shape index (κ3) is 5.05. The Morgan fingerprint density at radius 3 is 2.52 bits per heavy atom. The summed E-state index contributed by atoms with van der Waals surface area (Å²) in [7, 11) is 0. The van der Waals surface area contributed by atoms with Gasteiger partial charge in [0.15, 0.2) is 6.10 Å². The Kier molecular flexibility index (Phi) is 7.23. The molecule has 1 N–H and O–H groups in total. The molecule has 4 heteroatoms. The van der Waals surface area contributed by atoms with Crippen LogP contribution in [0.3, 0.4) is 0 Å². The molecule has 1 atom stereocenters. The van der Waals surface area contributed by atoms with Crippen LogP contribution in [0.1, 0.15) is 39.2 Å². The topological polar surface area (TPSA) is 49.8 Å². The van der Waals surface area contributed by atoms with Crippen molar-refractivity contribution in [2.75, 3.05) is 13.2 Å². The number of ether oxygens (including phenoxy) is 1. The van der Waals surface area contributed by atoms with Gasteiger partial charge in [-0.2, -0.15) is 0 Å². The van der Waals surface area contributed by atoms with E-state index in [0.29, 0.717) is 12.3 Å². The number of aliphatic hydroxyl groups excluding tert-OH is 1. The van der Waals surface area contributed by atoms with Gasteiger partial charge in [0.25, 0.3) is 5.91 Å². The normalized spacial score (nSPS) is 12.3. The first-order valence-electron chi connectivity index (χ1n) is 7.68. The number of carbonyl (C=O) groups excluding carboxylic acids is 1. The minimum Gasteiger partial charge on any atom is -0.481 e. The lowest BCUT2D eigenvalue weighted by molar-refractivity contribution is -0.141. The summed E-state index contributed by atoms with van der Waals surface area (Å²) < 4.78 is 5.75. The molecule has 0 spiro atoms. The predicted molar refractivity (Wildman–Crippen MR) is 84.4 cm³/mol. The molecule has 0 aliphatic carbocycles. The molecule has 21 heavy (non-hydrogen) atoms. The monoisotopic (exact) mass is 293 g/mol. The van der Waals surface area contributed by atoms with Crippen LogP contribution in [0.5, 0.6) is 5.75 Å². The fraction of sp³-hybridized carbons (Fsp3) is 0.588. The molecule has 0 fully saturated rings. The number of nitrogens with zero attached hydrogens (tertiary/aromatic N) is 1. The van der Waals surface area contributed by atoms with Gasteiger partial charge in [-0.25, -0.2) is 0 Å². The Morgan fingerprint density at radius 1 is 1.33 bits per heavy atom. The maximum absolute atomic E-state index is 12.6. The lowest BCUT2D eigenvalue weighted by atomic mass is 10.1. The highest BCUT2D eigenvalue weighted by atomic mass is 16.5.